The van der Waals surface area contributed by atoms with Crippen molar-refractivity contribution in [2.75, 3.05) is 20.3 Å². The van der Waals surface area contributed by atoms with Crippen molar-refractivity contribution < 1.29 is 8.81 Å². The quantitative estimate of drug-likeness (QED) is 0.665. The van der Waals surface area contributed by atoms with Crippen LogP contribution in [-0.4, -0.2) is 31.2 Å². The highest BCUT2D eigenvalue weighted by atomic mass is 19.1. The van der Waals surface area contributed by atoms with E-state index >= 15 is 0 Å². The molecule has 0 saturated carbocycles. The number of rotatable bonds is 5. The molecule has 76 valence electrons. The zero-order valence-electron chi connectivity index (χ0n) is 8.24. The normalized spacial score (nSPS) is 12.7. The van der Waals surface area contributed by atoms with Gasteiger partial charge >= 0.3 is 0 Å². The summed E-state index contributed by atoms with van der Waals surface area (Å²) in [6, 6.07) is 3.44. The van der Waals surface area contributed by atoms with Crippen molar-refractivity contribution in [3.63, 3.8) is 0 Å². The molecule has 0 N–H and O–H groups in total. The Hall–Kier alpha value is -1.27. The van der Waals surface area contributed by atoms with Crippen LogP contribution in [0.15, 0.2) is 22.8 Å². The molecule has 0 saturated heterocycles. The minimum atomic E-state index is -0.418. The highest BCUT2D eigenvalue weighted by molar-refractivity contribution is 5.01. The van der Waals surface area contributed by atoms with Gasteiger partial charge in [0.05, 0.1) is 12.8 Å². The van der Waals surface area contributed by atoms with Crippen molar-refractivity contribution in [3.8, 4) is 12.3 Å². The van der Waals surface area contributed by atoms with Crippen molar-refractivity contribution in [2.24, 2.45) is 0 Å². The molecule has 0 aliphatic rings. The van der Waals surface area contributed by atoms with E-state index in [-0.39, 0.29) is 6.04 Å². The van der Waals surface area contributed by atoms with E-state index in [9.17, 15) is 4.39 Å². The molecule has 1 aromatic rings. The van der Waals surface area contributed by atoms with Crippen molar-refractivity contribution in [3.05, 3.63) is 24.2 Å². The number of furan rings is 1. The van der Waals surface area contributed by atoms with E-state index in [1.165, 1.54) is 0 Å². The van der Waals surface area contributed by atoms with Crippen molar-refractivity contribution >= 4 is 0 Å². The first-order valence-corrected chi connectivity index (χ1v) is 4.50. The molecule has 2 nitrogen and oxygen atoms in total. The van der Waals surface area contributed by atoms with Gasteiger partial charge in [0.2, 0.25) is 0 Å². The van der Waals surface area contributed by atoms with Gasteiger partial charge in [-0.3, -0.25) is 4.90 Å². The Kier molecular flexibility index (Phi) is 4.21. The average molecular weight is 195 g/mol. The maximum absolute atomic E-state index is 12.7. The molecule has 1 atom stereocenters. The Labute approximate surface area is 83.7 Å². The van der Waals surface area contributed by atoms with E-state index in [0.29, 0.717) is 13.0 Å². The smallest absolute Gasteiger partial charge is 0.105 e. The van der Waals surface area contributed by atoms with Gasteiger partial charge in [-0.05, 0) is 19.2 Å². The van der Waals surface area contributed by atoms with Gasteiger partial charge in [-0.2, -0.15) is 0 Å². The molecule has 0 radical (unpaired) electrons. The lowest BCUT2D eigenvalue weighted by Crippen LogP contribution is -2.35. The standard InChI is InChI=1S/C11H14FNO/c1-3-6-13(2)10(9-12)8-11-5-4-7-14-11/h1,4-5,7,10H,6,8-9H2,2H3/t10-/m0/s1/i12+0. The summed E-state index contributed by atoms with van der Waals surface area (Å²) in [4.78, 5) is 1.81. The number of halogens is 1. The third-order valence-corrected chi connectivity index (χ3v) is 2.16. The van der Waals surface area contributed by atoms with Crippen molar-refractivity contribution in [2.45, 2.75) is 12.5 Å². The molecular formula is C11H14FNO. The van der Waals surface area contributed by atoms with Crippen LogP contribution in [0.1, 0.15) is 5.76 Å². The van der Waals surface area contributed by atoms with Crippen LogP contribution in [-0.2, 0) is 6.42 Å². The number of alkyl halides is 1. The highest BCUT2D eigenvalue weighted by Gasteiger charge is 2.15. The summed E-state index contributed by atoms with van der Waals surface area (Å²) < 4.78 is 17.8. The first-order chi connectivity index (χ1) is 6.77. The van der Waals surface area contributed by atoms with E-state index in [1.807, 2.05) is 18.0 Å². The zero-order valence-corrected chi connectivity index (χ0v) is 8.24. The fourth-order valence-corrected chi connectivity index (χ4v) is 1.26. The van der Waals surface area contributed by atoms with Gasteiger partial charge in [0.15, 0.2) is 0 Å². The summed E-state index contributed by atoms with van der Waals surface area (Å²) in [5.74, 6) is 3.28. The van der Waals surface area contributed by atoms with Crippen LogP contribution in [0.2, 0.25) is 0 Å². The fourth-order valence-electron chi connectivity index (χ4n) is 1.26. The molecule has 0 aromatic carbocycles. The Morgan fingerprint density at radius 2 is 2.50 bits per heavy atom. The van der Waals surface area contributed by atoms with Crippen LogP contribution in [0, 0.1) is 12.3 Å². The zero-order chi connectivity index (χ0) is 10.4. The molecule has 0 spiro atoms. The molecule has 1 aromatic heterocycles. The molecule has 0 unspecified atom stereocenters. The fraction of sp³-hybridized carbons (Fsp3) is 0.455. The number of hydrogen-bond donors (Lipinski definition) is 0. The van der Waals surface area contributed by atoms with E-state index < -0.39 is 6.67 Å². The van der Waals surface area contributed by atoms with Crippen LogP contribution < -0.4 is 0 Å². The van der Waals surface area contributed by atoms with Gasteiger partial charge in [0.1, 0.15) is 12.4 Å². The predicted molar refractivity (Wildman–Crippen MR) is 53.6 cm³/mol. The van der Waals surface area contributed by atoms with Crippen LogP contribution in [0.25, 0.3) is 0 Å². The first kappa shape index (κ1) is 10.8. The molecule has 14 heavy (non-hydrogen) atoms. The second kappa shape index (κ2) is 5.46. The van der Waals surface area contributed by atoms with Gasteiger partial charge in [-0.15, -0.1) is 6.42 Å². The summed E-state index contributed by atoms with van der Waals surface area (Å²) in [5.41, 5.74) is 0. The number of nitrogens with zero attached hydrogens (tertiary/aromatic N) is 1. The second-order valence-corrected chi connectivity index (χ2v) is 3.21. The Balaban J connectivity index is 2.51. The number of terminal acetylenes is 1. The molecule has 0 amide bonds. The van der Waals surface area contributed by atoms with Crippen LogP contribution in [0.4, 0.5) is 4.39 Å². The Morgan fingerprint density at radius 3 is 3.00 bits per heavy atom. The van der Waals surface area contributed by atoms with Crippen LogP contribution in [0.3, 0.4) is 0 Å². The second-order valence-electron chi connectivity index (χ2n) is 3.21. The van der Waals surface area contributed by atoms with E-state index in [1.54, 1.807) is 12.3 Å². The van der Waals surface area contributed by atoms with Gasteiger partial charge in [-0.1, -0.05) is 5.92 Å². The predicted octanol–water partition coefficient (Wildman–Crippen LogP) is 1.73. The molecule has 0 fully saturated rings. The number of hydrogen-bond acceptors (Lipinski definition) is 2. The van der Waals surface area contributed by atoms with Crippen molar-refractivity contribution in [1.82, 2.24) is 4.90 Å². The molecule has 0 bridgehead atoms. The topological polar surface area (TPSA) is 16.4 Å². The third kappa shape index (κ3) is 2.90. The molecule has 3 heteroatoms. The van der Waals surface area contributed by atoms with Gasteiger partial charge < -0.3 is 4.42 Å². The summed E-state index contributed by atoms with van der Waals surface area (Å²) in [6.07, 6.45) is 7.30. The maximum Gasteiger partial charge on any atom is 0.105 e. The molecule has 1 rings (SSSR count). The number of likely N-dealkylation sites (N-methyl/N-ethyl adjacent to an activating group) is 1. The lowest BCUT2D eigenvalue weighted by Gasteiger charge is -2.22. The molecular weight excluding hydrogens is 181 g/mol. The van der Waals surface area contributed by atoms with Crippen molar-refractivity contribution in [1.29, 1.82) is 0 Å². The summed E-state index contributed by atoms with van der Waals surface area (Å²) in [6.45, 7) is 0.0359. The van der Waals surface area contributed by atoms with E-state index in [0.717, 1.165) is 5.76 Å². The lowest BCUT2D eigenvalue weighted by molar-refractivity contribution is 0.212. The minimum Gasteiger partial charge on any atom is -0.469 e. The minimum absolute atomic E-state index is 0.197. The molecule has 1 heterocycles. The molecule has 0 aliphatic heterocycles. The highest BCUT2D eigenvalue weighted by Crippen LogP contribution is 2.08. The summed E-state index contributed by atoms with van der Waals surface area (Å²) in [5, 5.41) is 0. The molecule has 0 aliphatic carbocycles. The van der Waals surface area contributed by atoms with Crippen LogP contribution >= 0.6 is 0 Å². The monoisotopic (exact) mass is 195 g/mol. The largest absolute Gasteiger partial charge is 0.469 e. The summed E-state index contributed by atoms with van der Waals surface area (Å²) >= 11 is 0. The average Bonchev–Trinajstić information content (AvgIpc) is 2.66. The van der Waals surface area contributed by atoms with Crippen LogP contribution in [0.5, 0.6) is 0 Å². The summed E-state index contributed by atoms with van der Waals surface area (Å²) in [7, 11) is 1.81. The third-order valence-electron chi connectivity index (χ3n) is 2.16. The van der Waals surface area contributed by atoms with Gasteiger partial charge in [-0.25, -0.2) is 4.39 Å². The maximum atomic E-state index is 12.7. The van der Waals surface area contributed by atoms with E-state index in [2.05, 4.69) is 5.92 Å². The SMILES string of the molecule is C#CCN(C)[C@H](C[19F])Cc1ccco1. The van der Waals surface area contributed by atoms with Gasteiger partial charge in [0, 0.05) is 12.5 Å². The Bertz CT molecular complexity index is 289. The Morgan fingerprint density at radius 1 is 1.71 bits per heavy atom. The van der Waals surface area contributed by atoms with E-state index in [4.69, 9.17) is 10.8 Å². The first-order valence-electron chi connectivity index (χ1n) is 4.50. The lowest BCUT2D eigenvalue weighted by atomic mass is 10.1. The van der Waals surface area contributed by atoms with Gasteiger partial charge in [0.25, 0.3) is 0 Å².